The Balaban J connectivity index is 1.76. The van der Waals surface area contributed by atoms with E-state index >= 15 is 0 Å². The summed E-state index contributed by atoms with van der Waals surface area (Å²) in [5.74, 6) is 0.852. The largest absolute Gasteiger partial charge is 0.357 e. The number of amides is 1. The molecule has 1 fully saturated rings. The minimum absolute atomic E-state index is 0.148. The highest BCUT2D eigenvalue weighted by molar-refractivity contribution is 5.85. The Bertz CT molecular complexity index is 645. The Hall–Kier alpha value is -2.11. The number of anilines is 1. The molecule has 6 nitrogen and oxygen atoms in total. The molecule has 0 saturated carbocycles. The first kappa shape index (κ1) is 13.9. The van der Waals surface area contributed by atoms with Gasteiger partial charge >= 0.3 is 0 Å². The molecule has 3 rings (SSSR count). The maximum Gasteiger partial charge on any atom is 0.244 e. The molecule has 1 unspecified atom stereocenters. The van der Waals surface area contributed by atoms with Crippen LogP contribution in [0, 0.1) is 6.92 Å². The molecule has 1 saturated heterocycles. The van der Waals surface area contributed by atoms with Gasteiger partial charge in [0.2, 0.25) is 5.91 Å². The van der Waals surface area contributed by atoms with Crippen molar-refractivity contribution in [1.82, 2.24) is 19.5 Å². The highest BCUT2D eigenvalue weighted by Gasteiger charge is 2.22. The predicted octanol–water partition coefficient (Wildman–Crippen LogP) is 1.85. The third-order valence-corrected chi connectivity index (χ3v) is 3.90. The number of carbonyl (C=O) groups excluding carboxylic acids is 1. The van der Waals surface area contributed by atoms with Crippen molar-refractivity contribution in [3.8, 4) is 0 Å². The maximum absolute atomic E-state index is 12.5. The summed E-state index contributed by atoms with van der Waals surface area (Å²) in [6, 6.07) is 1.69. The fourth-order valence-corrected chi connectivity index (χ4v) is 2.81. The molecule has 0 bridgehead atoms. The van der Waals surface area contributed by atoms with Crippen molar-refractivity contribution in [3.63, 3.8) is 0 Å². The zero-order valence-electron chi connectivity index (χ0n) is 12.5. The van der Waals surface area contributed by atoms with E-state index in [0.29, 0.717) is 5.82 Å². The maximum atomic E-state index is 12.5. The van der Waals surface area contributed by atoms with Crippen LogP contribution in [0.5, 0.6) is 0 Å². The van der Waals surface area contributed by atoms with Crippen molar-refractivity contribution in [2.45, 2.75) is 39.2 Å². The number of hydrogen-bond donors (Lipinski definition) is 1. The Morgan fingerprint density at radius 2 is 2.10 bits per heavy atom. The molecule has 3 heterocycles. The van der Waals surface area contributed by atoms with Gasteiger partial charge in [-0.3, -0.25) is 4.79 Å². The predicted molar refractivity (Wildman–Crippen MR) is 81.2 cm³/mol. The molecule has 2 aromatic rings. The van der Waals surface area contributed by atoms with E-state index in [9.17, 15) is 4.79 Å². The summed E-state index contributed by atoms with van der Waals surface area (Å²) in [5, 5.41) is 7.59. The SMILES string of the molecule is Cc1cc2c(NC(C)C(=O)N3CCCCC3)nccn2n1. The van der Waals surface area contributed by atoms with E-state index in [2.05, 4.69) is 15.4 Å². The van der Waals surface area contributed by atoms with Crippen molar-refractivity contribution in [1.29, 1.82) is 0 Å². The average molecular weight is 287 g/mol. The average Bonchev–Trinajstić information content (AvgIpc) is 2.88. The molecule has 2 aromatic heterocycles. The van der Waals surface area contributed by atoms with Crippen LogP contribution >= 0.6 is 0 Å². The van der Waals surface area contributed by atoms with E-state index < -0.39 is 0 Å². The van der Waals surface area contributed by atoms with Crippen LogP contribution in [0.15, 0.2) is 18.5 Å². The zero-order valence-corrected chi connectivity index (χ0v) is 12.5. The van der Waals surface area contributed by atoms with Gasteiger partial charge in [-0.05, 0) is 39.2 Å². The van der Waals surface area contributed by atoms with Crippen LogP contribution in [0.1, 0.15) is 31.9 Å². The summed E-state index contributed by atoms with van der Waals surface area (Å²) in [6.45, 7) is 5.58. The van der Waals surface area contributed by atoms with E-state index in [1.165, 1.54) is 6.42 Å². The molecular weight excluding hydrogens is 266 g/mol. The zero-order chi connectivity index (χ0) is 14.8. The normalized spacial score (nSPS) is 17.0. The number of fused-ring (bicyclic) bond motifs is 1. The molecule has 112 valence electrons. The van der Waals surface area contributed by atoms with Crippen molar-refractivity contribution >= 4 is 17.2 Å². The van der Waals surface area contributed by atoms with Crippen LogP contribution in [-0.4, -0.2) is 44.5 Å². The Labute approximate surface area is 124 Å². The number of piperidine rings is 1. The lowest BCUT2D eigenvalue weighted by atomic mass is 10.1. The monoisotopic (exact) mass is 287 g/mol. The molecule has 0 radical (unpaired) electrons. The molecule has 1 aliphatic rings. The molecule has 1 atom stereocenters. The number of nitrogens with zero attached hydrogens (tertiary/aromatic N) is 4. The standard InChI is InChI=1S/C15H21N5O/c1-11-10-13-14(16-6-9-20(13)18-11)17-12(2)15(21)19-7-4-3-5-8-19/h6,9-10,12H,3-5,7-8H2,1-2H3,(H,16,17). The minimum Gasteiger partial charge on any atom is -0.357 e. The highest BCUT2D eigenvalue weighted by atomic mass is 16.2. The molecule has 0 aliphatic carbocycles. The van der Waals surface area contributed by atoms with Crippen LogP contribution in [0.4, 0.5) is 5.82 Å². The lowest BCUT2D eigenvalue weighted by molar-refractivity contribution is -0.132. The summed E-state index contributed by atoms with van der Waals surface area (Å²) in [5.41, 5.74) is 1.83. The van der Waals surface area contributed by atoms with Crippen LogP contribution in [-0.2, 0) is 4.79 Å². The number of aromatic nitrogens is 3. The first-order valence-corrected chi connectivity index (χ1v) is 7.51. The van der Waals surface area contributed by atoms with Gasteiger partial charge in [-0.1, -0.05) is 0 Å². The first-order valence-electron chi connectivity index (χ1n) is 7.51. The number of hydrogen-bond acceptors (Lipinski definition) is 4. The molecular formula is C15H21N5O. The summed E-state index contributed by atoms with van der Waals surface area (Å²) in [7, 11) is 0. The van der Waals surface area contributed by atoms with Gasteiger partial charge in [-0.15, -0.1) is 0 Å². The first-order chi connectivity index (χ1) is 10.1. The van der Waals surface area contributed by atoms with Gasteiger partial charge in [0.15, 0.2) is 5.82 Å². The van der Waals surface area contributed by atoms with Gasteiger partial charge in [0.05, 0.1) is 5.69 Å². The smallest absolute Gasteiger partial charge is 0.244 e. The third-order valence-electron chi connectivity index (χ3n) is 3.90. The van der Waals surface area contributed by atoms with E-state index in [1.807, 2.05) is 31.0 Å². The van der Waals surface area contributed by atoms with Gasteiger partial charge in [0, 0.05) is 25.5 Å². The van der Waals surface area contributed by atoms with Crippen molar-refractivity contribution in [2.24, 2.45) is 0 Å². The van der Waals surface area contributed by atoms with Gasteiger partial charge in [0.25, 0.3) is 0 Å². The van der Waals surface area contributed by atoms with Gasteiger partial charge in [0.1, 0.15) is 11.6 Å². The van der Waals surface area contributed by atoms with Crippen molar-refractivity contribution in [2.75, 3.05) is 18.4 Å². The van der Waals surface area contributed by atoms with Crippen LogP contribution < -0.4 is 5.32 Å². The van der Waals surface area contributed by atoms with Gasteiger partial charge in [-0.2, -0.15) is 5.10 Å². The van der Waals surface area contributed by atoms with E-state index in [-0.39, 0.29) is 11.9 Å². The second kappa shape index (κ2) is 5.71. The summed E-state index contributed by atoms with van der Waals surface area (Å²) in [4.78, 5) is 18.7. The van der Waals surface area contributed by atoms with Crippen LogP contribution in [0.2, 0.25) is 0 Å². The lowest BCUT2D eigenvalue weighted by Crippen LogP contribution is -2.44. The Morgan fingerprint density at radius 3 is 2.86 bits per heavy atom. The second-order valence-electron chi connectivity index (χ2n) is 5.64. The quantitative estimate of drug-likeness (QED) is 0.936. The summed E-state index contributed by atoms with van der Waals surface area (Å²) >= 11 is 0. The number of carbonyl (C=O) groups is 1. The van der Waals surface area contributed by atoms with E-state index in [0.717, 1.165) is 37.1 Å². The molecule has 0 aromatic carbocycles. The molecule has 6 heteroatoms. The molecule has 21 heavy (non-hydrogen) atoms. The number of aryl methyl sites for hydroxylation is 1. The summed E-state index contributed by atoms with van der Waals surface area (Å²) in [6.07, 6.45) is 6.94. The third kappa shape index (κ3) is 2.84. The molecule has 1 aliphatic heterocycles. The lowest BCUT2D eigenvalue weighted by Gasteiger charge is -2.29. The molecule has 1 amide bonds. The fraction of sp³-hybridized carbons (Fsp3) is 0.533. The van der Waals surface area contributed by atoms with Gasteiger partial charge in [-0.25, -0.2) is 9.50 Å². The van der Waals surface area contributed by atoms with Crippen molar-refractivity contribution in [3.05, 3.63) is 24.2 Å². The summed E-state index contributed by atoms with van der Waals surface area (Å²) < 4.78 is 1.78. The van der Waals surface area contributed by atoms with Gasteiger partial charge < -0.3 is 10.2 Å². The van der Waals surface area contributed by atoms with Crippen molar-refractivity contribution < 1.29 is 4.79 Å². The Morgan fingerprint density at radius 1 is 1.33 bits per heavy atom. The molecule has 1 N–H and O–H groups in total. The topological polar surface area (TPSA) is 62.5 Å². The minimum atomic E-state index is -0.281. The fourth-order valence-electron chi connectivity index (χ4n) is 2.81. The van der Waals surface area contributed by atoms with E-state index in [1.54, 1.807) is 10.7 Å². The van der Waals surface area contributed by atoms with E-state index in [4.69, 9.17) is 0 Å². The Kier molecular flexibility index (Phi) is 3.77. The number of nitrogens with one attached hydrogen (secondary N) is 1. The molecule has 0 spiro atoms. The van der Waals surface area contributed by atoms with Crippen LogP contribution in [0.25, 0.3) is 5.52 Å². The number of rotatable bonds is 3. The highest BCUT2D eigenvalue weighted by Crippen LogP contribution is 2.17. The van der Waals surface area contributed by atoms with Crippen LogP contribution in [0.3, 0.4) is 0 Å². The second-order valence-corrected chi connectivity index (χ2v) is 5.64. The number of likely N-dealkylation sites (tertiary alicyclic amines) is 1.